The SMILES string of the molecule is CC(=O)c1ccc(NC2=NC(C)(C)CS2)cc1. The van der Waals surface area contributed by atoms with Crippen molar-refractivity contribution in [2.75, 3.05) is 11.1 Å². The number of aliphatic imine (C=N–C) groups is 1. The van der Waals surface area contributed by atoms with Crippen molar-refractivity contribution in [3.05, 3.63) is 29.8 Å². The molecule has 0 bridgehead atoms. The number of benzene rings is 1. The Morgan fingerprint density at radius 2 is 2.00 bits per heavy atom. The van der Waals surface area contributed by atoms with Crippen molar-refractivity contribution in [3.8, 4) is 0 Å². The second kappa shape index (κ2) is 4.53. The van der Waals surface area contributed by atoms with E-state index < -0.39 is 0 Å². The Kier molecular flexibility index (Phi) is 3.24. The molecule has 1 heterocycles. The molecule has 0 unspecified atom stereocenters. The Bertz CT molecular complexity index is 463. The molecule has 1 N–H and O–H groups in total. The van der Waals surface area contributed by atoms with Gasteiger partial charge in [-0.2, -0.15) is 0 Å². The van der Waals surface area contributed by atoms with Gasteiger partial charge < -0.3 is 5.32 Å². The van der Waals surface area contributed by atoms with Crippen LogP contribution in [0.15, 0.2) is 29.3 Å². The van der Waals surface area contributed by atoms with Gasteiger partial charge in [0.2, 0.25) is 0 Å². The molecule has 1 aliphatic rings. The summed E-state index contributed by atoms with van der Waals surface area (Å²) in [6, 6.07) is 7.47. The number of carbonyl (C=O) groups is 1. The predicted octanol–water partition coefficient (Wildman–Crippen LogP) is 3.18. The molecule has 0 radical (unpaired) electrons. The summed E-state index contributed by atoms with van der Waals surface area (Å²) in [6.07, 6.45) is 0. The van der Waals surface area contributed by atoms with Gasteiger partial charge in [-0.1, -0.05) is 11.8 Å². The fourth-order valence-corrected chi connectivity index (χ4v) is 2.62. The van der Waals surface area contributed by atoms with Gasteiger partial charge in [0.15, 0.2) is 11.0 Å². The first-order valence-corrected chi connectivity index (χ1v) is 6.55. The van der Waals surface area contributed by atoms with E-state index in [2.05, 4.69) is 24.2 Å². The smallest absolute Gasteiger partial charge is 0.161 e. The summed E-state index contributed by atoms with van der Waals surface area (Å²) >= 11 is 1.73. The first-order valence-electron chi connectivity index (χ1n) is 5.57. The topological polar surface area (TPSA) is 41.5 Å². The Morgan fingerprint density at radius 3 is 2.47 bits per heavy atom. The van der Waals surface area contributed by atoms with Crippen molar-refractivity contribution in [1.29, 1.82) is 0 Å². The second-order valence-electron chi connectivity index (χ2n) is 4.78. The lowest BCUT2D eigenvalue weighted by Crippen LogP contribution is -2.15. The third-order valence-electron chi connectivity index (χ3n) is 2.51. The van der Waals surface area contributed by atoms with E-state index in [0.29, 0.717) is 0 Å². The number of hydrogen-bond acceptors (Lipinski definition) is 4. The minimum atomic E-state index is 0.0202. The van der Waals surface area contributed by atoms with E-state index in [4.69, 9.17) is 0 Å². The van der Waals surface area contributed by atoms with Crippen LogP contribution in [0.4, 0.5) is 5.69 Å². The van der Waals surface area contributed by atoms with E-state index in [9.17, 15) is 4.79 Å². The molecule has 0 spiro atoms. The highest BCUT2D eigenvalue weighted by Gasteiger charge is 2.25. The number of rotatable bonds is 2. The summed E-state index contributed by atoms with van der Waals surface area (Å²) < 4.78 is 0. The summed E-state index contributed by atoms with van der Waals surface area (Å²) in [5.74, 6) is 1.09. The van der Waals surface area contributed by atoms with E-state index in [1.54, 1.807) is 18.7 Å². The molecule has 1 aliphatic heterocycles. The molecule has 0 aromatic heterocycles. The van der Waals surface area contributed by atoms with Gasteiger partial charge in [-0.15, -0.1) is 0 Å². The maximum atomic E-state index is 11.1. The zero-order valence-corrected chi connectivity index (χ0v) is 11.1. The van der Waals surface area contributed by atoms with Crippen LogP contribution in [0.25, 0.3) is 0 Å². The number of carbonyl (C=O) groups excluding carboxylic acids is 1. The van der Waals surface area contributed by atoms with Crippen molar-refractivity contribution in [1.82, 2.24) is 0 Å². The van der Waals surface area contributed by atoms with E-state index >= 15 is 0 Å². The lowest BCUT2D eigenvalue weighted by atomic mass is 10.1. The Morgan fingerprint density at radius 1 is 1.35 bits per heavy atom. The minimum absolute atomic E-state index is 0.0202. The molecule has 0 fully saturated rings. The zero-order chi connectivity index (χ0) is 12.5. The van der Waals surface area contributed by atoms with Gasteiger partial charge in [0, 0.05) is 17.0 Å². The summed E-state index contributed by atoms with van der Waals surface area (Å²) in [6.45, 7) is 5.81. The quantitative estimate of drug-likeness (QED) is 0.817. The molecule has 2 rings (SSSR count). The van der Waals surface area contributed by atoms with Gasteiger partial charge in [0.05, 0.1) is 5.54 Å². The molecule has 0 saturated heterocycles. The summed E-state index contributed by atoms with van der Waals surface area (Å²) in [5.41, 5.74) is 1.72. The molecular formula is C13H16N2OS. The Labute approximate surface area is 106 Å². The van der Waals surface area contributed by atoms with Gasteiger partial charge in [0.1, 0.15) is 0 Å². The molecule has 0 saturated carbocycles. The van der Waals surface area contributed by atoms with Crippen molar-refractivity contribution in [3.63, 3.8) is 0 Å². The predicted molar refractivity (Wildman–Crippen MR) is 74.0 cm³/mol. The molecule has 3 nitrogen and oxygen atoms in total. The van der Waals surface area contributed by atoms with Crippen molar-refractivity contribution in [2.24, 2.45) is 4.99 Å². The van der Waals surface area contributed by atoms with Crippen molar-refractivity contribution < 1.29 is 4.79 Å². The molecule has 1 aromatic carbocycles. The fourth-order valence-electron chi connectivity index (χ4n) is 1.56. The highest BCUT2D eigenvalue weighted by atomic mass is 32.2. The van der Waals surface area contributed by atoms with Crippen LogP contribution in [0.2, 0.25) is 0 Å². The summed E-state index contributed by atoms with van der Waals surface area (Å²) in [4.78, 5) is 15.7. The number of Topliss-reactive ketones (excluding diaryl/α,β-unsaturated/α-hetero) is 1. The van der Waals surface area contributed by atoms with Crippen LogP contribution < -0.4 is 5.32 Å². The number of hydrogen-bond donors (Lipinski definition) is 1. The second-order valence-corrected chi connectivity index (χ2v) is 5.74. The van der Waals surface area contributed by atoms with Crippen LogP contribution in [0.1, 0.15) is 31.1 Å². The highest BCUT2D eigenvalue weighted by molar-refractivity contribution is 8.14. The average Bonchev–Trinajstić information content (AvgIpc) is 2.59. The summed E-state index contributed by atoms with van der Waals surface area (Å²) in [7, 11) is 0. The third-order valence-corrected chi connectivity index (χ3v) is 3.83. The molecule has 4 heteroatoms. The first-order chi connectivity index (χ1) is 7.96. The standard InChI is InChI=1S/C13H16N2OS/c1-9(16)10-4-6-11(7-5-10)14-12-15-13(2,3)8-17-12/h4-7H,8H2,1-3H3,(H,14,15). The van der Waals surface area contributed by atoms with Gasteiger partial charge in [0.25, 0.3) is 0 Å². The molecule has 0 atom stereocenters. The van der Waals surface area contributed by atoms with Crippen LogP contribution in [-0.2, 0) is 0 Å². The van der Waals surface area contributed by atoms with Crippen LogP contribution in [0.3, 0.4) is 0 Å². The molecular weight excluding hydrogens is 232 g/mol. The number of amidine groups is 1. The minimum Gasteiger partial charge on any atom is -0.335 e. The lowest BCUT2D eigenvalue weighted by Gasteiger charge is -2.09. The summed E-state index contributed by atoms with van der Waals surface area (Å²) in [5, 5.41) is 4.21. The highest BCUT2D eigenvalue weighted by Crippen LogP contribution is 2.27. The van der Waals surface area contributed by atoms with Crippen molar-refractivity contribution in [2.45, 2.75) is 26.3 Å². The number of ketones is 1. The normalized spacial score (nSPS) is 17.7. The van der Waals surface area contributed by atoms with Crippen LogP contribution in [0.5, 0.6) is 0 Å². The van der Waals surface area contributed by atoms with Crippen LogP contribution in [-0.4, -0.2) is 22.2 Å². The van der Waals surface area contributed by atoms with Crippen LogP contribution >= 0.6 is 11.8 Å². The van der Waals surface area contributed by atoms with Crippen LogP contribution in [0, 0.1) is 0 Å². The maximum absolute atomic E-state index is 11.1. The monoisotopic (exact) mass is 248 g/mol. The van der Waals surface area contributed by atoms with Gasteiger partial charge in [-0.25, -0.2) is 0 Å². The van der Waals surface area contributed by atoms with Gasteiger partial charge >= 0.3 is 0 Å². The third kappa shape index (κ3) is 3.09. The van der Waals surface area contributed by atoms with Gasteiger partial charge in [-0.05, 0) is 45.0 Å². The molecule has 1 aromatic rings. The Hall–Kier alpha value is -1.29. The van der Waals surface area contributed by atoms with E-state index in [1.807, 2.05) is 24.3 Å². The zero-order valence-electron chi connectivity index (χ0n) is 10.3. The molecule has 90 valence electrons. The number of nitrogens with one attached hydrogen (secondary N) is 1. The number of anilines is 1. The fraction of sp³-hybridized carbons (Fsp3) is 0.385. The van der Waals surface area contributed by atoms with E-state index in [1.165, 1.54) is 0 Å². The first kappa shape index (κ1) is 12.2. The lowest BCUT2D eigenvalue weighted by molar-refractivity contribution is 0.101. The molecule has 17 heavy (non-hydrogen) atoms. The largest absolute Gasteiger partial charge is 0.335 e. The van der Waals surface area contributed by atoms with Gasteiger partial charge in [-0.3, -0.25) is 9.79 Å². The average molecular weight is 248 g/mol. The number of thioether (sulfide) groups is 1. The molecule has 0 amide bonds. The number of nitrogens with zero attached hydrogens (tertiary/aromatic N) is 1. The Balaban J connectivity index is 2.08. The van der Waals surface area contributed by atoms with Crippen molar-refractivity contribution >= 4 is 28.4 Å². The maximum Gasteiger partial charge on any atom is 0.161 e. The van der Waals surface area contributed by atoms with E-state index in [0.717, 1.165) is 22.2 Å². The molecule has 0 aliphatic carbocycles. The van der Waals surface area contributed by atoms with E-state index in [-0.39, 0.29) is 11.3 Å².